The van der Waals surface area contributed by atoms with E-state index < -0.39 is 5.97 Å². The van der Waals surface area contributed by atoms with Crippen molar-refractivity contribution in [3.63, 3.8) is 0 Å². The van der Waals surface area contributed by atoms with Crippen LogP contribution in [0, 0.1) is 0 Å². The van der Waals surface area contributed by atoms with E-state index in [4.69, 9.17) is 9.26 Å². The number of carboxylic acid groups (broad SMARTS) is 1. The summed E-state index contributed by atoms with van der Waals surface area (Å²) in [5, 5.41) is 13.3. The Labute approximate surface area is 170 Å². The van der Waals surface area contributed by atoms with Gasteiger partial charge in [-0.1, -0.05) is 11.2 Å². The third-order valence-corrected chi connectivity index (χ3v) is 4.57. The van der Waals surface area contributed by atoms with E-state index in [1.54, 1.807) is 24.4 Å². The Balaban J connectivity index is 1.74. The van der Waals surface area contributed by atoms with E-state index in [1.165, 1.54) is 21.4 Å². The average Bonchev–Trinajstić information content (AvgIpc) is 3.33. The predicted molar refractivity (Wildman–Crippen MR) is 106 cm³/mol. The van der Waals surface area contributed by atoms with Gasteiger partial charge in [0.2, 0.25) is 0 Å². The molecule has 0 aliphatic rings. The van der Waals surface area contributed by atoms with E-state index in [2.05, 4.69) is 15.1 Å². The number of carboxylic acids is 1. The number of ether oxygens (including phenoxy) is 1. The molecule has 4 rings (SSSR count). The van der Waals surface area contributed by atoms with Gasteiger partial charge in [-0.2, -0.15) is 0 Å². The van der Waals surface area contributed by atoms with E-state index in [9.17, 15) is 14.7 Å². The first-order valence-corrected chi connectivity index (χ1v) is 9.35. The van der Waals surface area contributed by atoms with Gasteiger partial charge in [-0.3, -0.25) is 14.1 Å². The molecule has 0 saturated heterocycles. The number of pyridine rings is 2. The number of nitrogens with zero attached hydrogens (tertiary/aromatic N) is 5. The van der Waals surface area contributed by atoms with Gasteiger partial charge in [0, 0.05) is 25.1 Å². The van der Waals surface area contributed by atoms with Crippen molar-refractivity contribution in [1.82, 2.24) is 24.3 Å². The molecule has 0 amide bonds. The molecule has 154 valence electrons. The summed E-state index contributed by atoms with van der Waals surface area (Å²) < 4.78 is 13.6. The van der Waals surface area contributed by atoms with Crippen molar-refractivity contribution in [2.75, 3.05) is 13.2 Å². The van der Waals surface area contributed by atoms with Crippen molar-refractivity contribution in [1.29, 1.82) is 0 Å². The Morgan fingerprint density at radius 3 is 2.80 bits per heavy atom. The second-order valence-electron chi connectivity index (χ2n) is 6.48. The molecule has 0 fully saturated rings. The monoisotopic (exact) mass is 409 g/mol. The molecule has 0 unspecified atom stereocenters. The van der Waals surface area contributed by atoms with Gasteiger partial charge in [0.05, 0.1) is 36.5 Å². The lowest BCUT2D eigenvalue weighted by molar-refractivity contribution is 0.0696. The summed E-state index contributed by atoms with van der Waals surface area (Å²) in [4.78, 5) is 32.9. The lowest BCUT2D eigenvalue weighted by atomic mass is 10.2. The topological polar surface area (TPSA) is 125 Å². The standard InChI is InChI=1S/C20H19N5O5/c1-2-29-8-7-24-18-17(9-13(11-22-18)19(26)27)25(20(24)28)12-14-10-16(23-30-14)15-5-3-4-6-21-15/h3-6,9-11H,2,7-8,12H2,1H3,(H,26,27). The number of rotatable bonds is 8. The zero-order valence-electron chi connectivity index (χ0n) is 16.2. The molecular weight excluding hydrogens is 390 g/mol. The normalized spacial score (nSPS) is 11.2. The van der Waals surface area contributed by atoms with Crippen LogP contribution < -0.4 is 5.69 Å². The Morgan fingerprint density at radius 1 is 1.20 bits per heavy atom. The molecule has 30 heavy (non-hydrogen) atoms. The number of imidazole rings is 1. The minimum atomic E-state index is -1.12. The molecule has 4 aromatic heterocycles. The van der Waals surface area contributed by atoms with Gasteiger partial charge in [-0.15, -0.1) is 0 Å². The minimum absolute atomic E-state index is 0.00930. The van der Waals surface area contributed by atoms with Gasteiger partial charge in [-0.25, -0.2) is 14.6 Å². The van der Waals surface area contributed by atoms with Crippen molar-refractivity contribution >= 4 is 17.1 Å². The Hall–Kier alpha value is -3.79. The predicted octanol–water partition coefficient (Wildman–Crippen LogP) is 2.03. The summed E-state index contributed by atoms with van der Waals surface area (Å²) in [6, 6.07) is 8.57. The zero-order valence-corrected chi connectivity index (χ0v) is 16.2. The summed E-state index contributed by atoms with van der Waals surface area (Å²) >= 11 is 0. The average molecular weight is 409 g/mol. The molecule has 4 heterocycles. The van der Waals surface area contributed by atoms with Crippen LogP contribution in [0.1, 0.15) is 23.0 Å². The molecule has 10 heteroatoms. The molecule has 0 saturated carbocycles. The fourth-order valence-corrected chi connectivity index (χ4v) is 3.14. The summed E-state index contributed by atoms with van der Waals surface area (Å²) in [5.74, 6) is -0.690. The van der Waals surface area contributed by atoms with Crippen LogP contribution in [0.4, 0.5) is 0 Å². The maximum Gasteiger partial charge on any atom is 0.337 e. The molecular formula is C20H19N5O5. The van der Waals surface area contributed by atoms with Crippen molar-refractivity contribution in [2.24, 2.45) is 0 Å². The molecule has 0 aliphatic carbocycles. The molecule has 0 aliphatic heterocycles. The molecule has 0 bridgehead atoms. The minimum Gasteiger partial charge on any atom is -0.478 e. The number of fused-ring (bicyclic) bond motifs is 1. The maximum atomic E-state index is 13.1. The van der Waals surface area contributed by atoms with Gasteiger partial charge >= 0.3 is 11.7 Å². The molecule has 4 aromatic rings. The van der Waals surface area contributed by atoms with Crippen molar-refractivity contribution < 1.29 is 19.2 Å². The fourth-order valence-electron chi connectivity index (χ4n) is 3.14. The van der Waals surface area contributed by atoms with Crippen LogP contribution in [0.2, 0.25) is 0 Å². The summed E-state index contributed by atoms with van der Waals surface area (Å²) in [6.45, 7) is 3.10. The first kappa shape index (κ1) is 19.5. The van der Waals surface area contributed by atoms with Crippen molar-refractivity contribution in [3.05, 3.63) is 64.5 Å². The fraction of sp³-hybridized carbons (Fsp3) is 0.250. The van der Waals surface area contributed by atoms with Crippen molar-refractivity contribution in [3.8, 4) is 11.4 Å². The number of aromatic carboxylic acids is 1. The zero-order chi connectivity index (χ0) is 21.1. The van der Waals surface area contributed by atoms with Crippen LogP contribution in [0.15, 0.2) is 52.0 Å². The van der Waals surface area contributed by atoms with E-state index in [0.717, 1.165) is 0 Å². The highest BCUT2D eigenvalue weighted by Crippen LogP contribution is 2.19. The second-order valence-corrected chi connectivity index (χ2v) is 6.48. The Bertz CT molecular complexity index is 1240. The smallest absolute Gasteiger partial charge is 0.337 e. The van der Waals surface area contributed by atoms with E-state index in [0.29, 0.717) is 48.1 Å². The van der Waals surface area contributed by atoms with Crippen LogP contribution >= 0.6 is 0 Å². The van der Waals surface area contributed by atoms with E-state index in [1.807, 2.05) is 13.0 Å². The van der Waals surface area contributed by atoms with Crippen LogP contribution in [0.3, 0.4) is 0 Å². The first-order valence-electron chi connectivity index (χ1n) is 9.35. The van der Waals surface area contributed by atoms with Crippen LogP contribution in [-0.2, 0) is 17.8 Å². The Morgan fingerprint density at radius 2 is 2.07 bits per heavy atom. The molecule has 10 nitrogen and oxygen atoms in total. The third kappa shape index (κ3) is 3.72. The maximum absolute atomic E-state index is 13.1. The summed E-state index contributed by atoms with van der Waals surface area (Å²) in [6.07, 6.45) is 2.89. The molecule has 0 atom stereocenters. The third-order valence-electron chi connectivity index (χ3n) is 4.57. The summed E-state index contributed by atoms with van der Waals surface area (Å²) in [5.41, 5.74) is 1.62. The lowest BCUT2D eigenvalue weighted by Crippen LogP contribution is -2.26. The van der Waals surface area contributed by atoms with Crippen LogP contribution in [0.25, 0.3) is 22.6 Å². The highest BCUT2D eigenvalue weighted by Gasteiger charge is 2.19. The lowest BCUT2D eigenvalue weighted by Gasteiger charge is -2.02. The molecule has 0 aromatic carbocycles. The van der Waals surface area contributed by atoms with Gasteiger partial charge in [0.1, 0.15) is 5.69 Å². The van der Waals surface area contributed by atoms with Crippen molar-refractivity contribution in [2.45, 2.75) is 20.0 Å². The van der Waals surface area contributed by atoms with Gasteiger partial charge in [-0.05, 0) is 25.1 Å². The molecule has 0 radical (unpaired) electrons. The van der Waals surface area contributed by atoms with Gasteiger partial charge in [0.15, 0.2) is 11.4 Å². The number of aromatic nitrogens is 5. The van der Waals surface area contributed by atoms with E-state index in [-0.39, 0.29) is 17.8 Å². The Kier molecular flexibility index (Phi) is 5.40. The second kappa shape index (κ2) is 8.29. The number of carbonyl (C=O) groups is 1. The van der Waals surface area contributed by atoms with Gasteiger partial charge in [0.25, 0.3) is 0 Å². The first-order chi connectivity index (χ1) is 14.6. The SMILES string of the molecule is CCOCCn1c(=O)n(Cc2cc(-c3ccccn3)no2)c2cc(C(=O)O)cnc21. The number of hydrogen-bond acceptors (Lipinski definition) is 7. The molecule has 0 spiro atoms. The highest BCUT2D eigenvalue weighted by atomic mass is 16.5. The van der Waals surface area contributed by atoms with Gasteiger partial charge < -0.3 is 14.4 Å². The largest absolute Gasteiger partial charge is 0.478 e. The summed E-state index contributed by atoms with van der Waals surface area (Å²) in [7, 11) is 0. The van der Waals surface area contributed by atoms with Crippen LogP contribution in [-0.4, -0.2) is 48.5 Å². The number of hydrogen-bond donors (Lipinski definition) is 1. The molecule has 1 N–H and O–H groups in total. The van der Waals surface area contributed by atoms with E-state index >= 15 is 0 Å². The highest BCUT2D eigenvalue weighted by molar-refractivity contribution is 5.91. The quantitative estimate of drug-likeness (QED) is 0.438. The van der Waals surface area contributed by atoms with Crippen LogP contribution in [0.5, 0.6) is 0 Å².